The molecule has 0 saturated carbocycles. The van der Waals surface area contributed by atoms with Crippen molar-refractivity contribution in [3.63, 3.8) is 0 Å². The van der Waals surface area contributed by atoms with E-state index in [1.807, 2.05) is 0 Å². The lowest BCUT2D eigenvalue weighted by atomic mass is 9.98. The predicted molar refractivity (Wildman–Crippen MR) is 89.1 cm³/mol. The molecule has 0 radical (unpaired) electrons. The summed E-state index contributed by atoms with van der Waals surface area (Å²) < 4.78 is 22.7. The molecule has 0 aliphatic carbocycles. The highest BCUT2D eigenvalue weighted by molar-refractivity contribution is 7.90. The van der Waals surface area contributed by atoms with Gasteiger partial charge in [0.05, 0.1) is 5.75 Å². The number of nitrogens with one attached hydrogen (secondary N) is 1. The first-order valence-electron chi connectivity index (χ1n) is 7.59. The van der Waals surface area contributed by atoms with Gasteiger partial charge in [0.25, 0.3) is 5.91 Å². The Balaban J connectivity index is 1.93. The highest BCUT2D eigenvalue weighted by Gasteiger charge is 2.25. The molecule has 1 aliphatic rings. The molecule has 7 heteroatoms. The molecule has 23 heavy (non-hydrogen) atoms. The van der Waals surface area contributed by atoms with Gasteiger partial charge >= 0.3 is 0 Å². The van der Waals surface area contributed by atoms with Crippen LogP contribution in [0.3, 0.4) is 0 Å². The van der Waals surface area contributed by atoms with Crippen LogP contribution in [0.25, 0.3) is 0 Å². The quantitative estimate of drug-likeness (QED) is 0.903. The largest absolute Gasteiger partial charge is 0.339 e. The van der Waals surface area contributed by atoms with E-state index < -0.39 is 9.84 Å². The van der Waals surface area contributed by atoms with Crippen molar-refractivity contribution in [1.82, 2.24) is 4.90 Å². The Bertz CT molecular complexity index is 675. The van der Waals surface area contributed by atoms with Crippen molar-refractivity contribution < 1.29 is 18.0 Å². The van der Waals surface area contributed by atoms with Gasteiger partial charge in [-0.15, -0.1) is 0 Å². The molecule has 1 saturated heterocycles. The van der Waals surface area contributed by atoms with Gasteiger partial charge in [-0.3, -0.25) is 9.59 Å². The molecular weight excluding hydrogens is 316 g/mol. The Morgan fingerprint density at radius 3 is 2.22 bits per heavy atom. The van der Waals surface area contributed by atoms with Gasteiger partial charge in [0.1, 0.15) is 9.84 Å². The van der Waals surface area contributed by atoms with Crippen molar-refractivity contribution in [2.24, 2.45) is 5.92 Å². The lowest BCUT2D eigenvalue weighted by molar-refractivity contribution is -0.114. The zero-order valence-electron chi connectivity index (χ0n) is 13.4. The molecule has 1 heterocycles. The molecule has 0 bridgehead atoms. The molecule has 0 unspecified atom stereocenters. The molecule has 1 aromatic rings. The number of sulfone groups is 1. The molecular formula is C16H22N2O4S. The number of nitrogens with zero attached hydrogens (tertiary/aromatic N) is 1. The average Bonchev–Trinajstić information content (AvgIpc) is 2.46. The first-order valence-corrected chi connectivity index (χ1v) is 9.65. The number of carbonyl (C=O) groups is 2. The maximum atomic E-state index is 12.4. The first kappa shape index (κ1) is 17.5. The van der Waals surface area contributed by atoms with E-state index in [9.17, 15) is 18.0 Å². The molecule has 0 spiro atoms. The third kappa shape index (κ3) is 5.35. The van der Waals surface area contributed by atoms with Gasteiger partial charge < -0.3 is 10.2 Å². The molecule has 1 aromatic carbocycles. The molecule has 126 valence electrons. The lowest BCUT2D eigenvalue weighted by Gasteiger charge is -2.31. The van der Waals surface area contributed by atoms with Crippen LogP contribution in [0.4, 0.5) is 5.69 Å². The SMILES string of the molecule is CC(=O)Nc1ccc(C(=O)N2CCC(CS(C)(=O)=O)CC2)cc1. The van der Waals surface area contributed by atoms with Gasteiger partial charge in [0.15, 0.2) is 0 Å². The minimum Gasteiger partial charge on any atom is -0.339 e. The van der Waals surface area contributed by atoms with E-state index in [4.69, 9.17) is 0 Å². The van der Waals surface area contributed by atoms with Crippen molar-refractivity contribution in [1.29, 1.82) is 0 Å². The van der Waals surface area contributed by atoms with E-state index in [0.29, 0.717) is 37.2 Å². The monoisotopic (exact) mass is 338 g/mol. The maximum absolute atomic E-state index is 12.4. The summed E-state index contributed by atoms with van der Waals surface area (Å²) >= 11 is 0. The van der Waals surface area contributed by atoms with Gasteiger partial charge in [-0.1, -0.05) is 0 Å². The van der Waals surface area contributed by atoms with E-state index >= 15 is 0 Å². The van der Waals surface area contributed by atoms with Crippen molar-refractivity contribution in [3.8, 4) is 0 Å². The van der Waals surface area contributed by atoms with Crippen molar-refractivity contribution in [2.45, 2.75) is 19.8 Å². The first-order chi connectivity index (χ1) is 10.7. The molecule has 6 nitrogen and oxygen atoms in total. The topological polar surface area (TPSA) is 83.6 Å². The Labute approximate surface area is 136 Å². The van der Waals surface area contributed by atoms with Crippen LogP contribution in [-0.2, 0) is 14.6 Å². The fourth-order valence-electron chi connectivity index (χ4n) is 2.81. The van der Waals surface area contributed by atoms with Crippen molar-refractivity contribution in [3.05, 3.63) is 29.8 Å². The van der Waals surface area contributed by atoms with Gasteiger partial charge in [0, 0.05) is 37.5 Å². The van der Waals surface area contributed by atoms with Crippen molar-refractivity contribution >= 4 is 27.3 Å². The number of piperidine rings is 1. The third-order valence-electron chi connectivity index (χ3n) is 3.89. The number of hydrogen-bond acceptors (Lipinski definition) is 4. The number of hydrogen-bond donors (Lipinski definition) is 1. The molecule has 1 fully saturated rings. The molecule has 0 aromatic heterocycles. The average molecular weight is 338 g/mol. The zero-order chi connectivity index (χ0) is 17.0. The van der Waals surface area contributed by atoms with E-state index in [1.165, 1.54) is 13.2 Å². The Kier molecular flexibility index (Phi) is 5.41. The van der Waals surface area contributed by atoms with Gasteiger partial charge in [-0.25, -0.2) is 8.42 Å². The summed E-state index contributed by atoms with van der Waals surface area (Å²) in [5, 5.41) is 2.66. The third-order valence-corrected chi connectivity index (χ3v) is 4.97. The number of rotatable bonds is 4. The number of anilines is 1. The Hall–Kier alpha value is -1.89. The second-order valence-corrected chi connectivity index (χ2v) is 8.27. The minimum atomic E-state index is -2.97. The van der Waals surface area contributed by atoms with Gasteiger partial charge in [0.2, 0.25) is 5.91 Å². The Morgan fingerprint density at radius 2 is 1.74 bits per heavy atom. The minimum absolute atomic E-state index is 0.0582. The highest BCUT2D eigenvalue weighted by atomic mass is 32.2. The molecule has 1 N–H and O–H groups in total. The second-order valence-electron chi connectivity index (χ2n) is 6.09. The number of carbonyl (C=O) groups excluding carboxylic acids is 2. The summed E-state index contributed by atoms with van der Waals surface area (Å²) in [5.41, 5.74) is 1.22. The van der Waals surface area contributed by atoms with Crippen LogP contribution in [0.1, 0.15) is 30.1 Å². The van der Waals surface area contributed by atoms with Crippen LogP contribution in [0.2, 0.25) is 0 Å². The van der Waals surface area contributed by atoms with Crippen LogP contribution in [0.15, 0.2) is 24.3 Å². The fraction of sp³-hybridized carbons (Fsp3) is 0.500. The van der Waals surface area contributed by atoms with Crippen LogP contribution in [0.5, 0.6) is 0 Å². The number of benzene rings is 1. The van der Waals surface area contributed by atoms with Crippen LogP contribution in [-0.4, -0.2) is 50.2 Å². The van der Waals surface area contributed by atoms with E-state index in [1.54, 1.807) is 29.2 Å². The number of amides is 2. The van der Waals surface area contributed by atoms with Gasteiger partial charge in [-0.05, 0) is 43.0 Å². The molecule has 0 atom stereocenters. The molecule has 2 amide bonds. The van der Waals surface area contributed by atoms with Crippen molar-refractivity contribution in [2.75, 3.05) is 30.4 Å². The van der Waals surface area contributed by atoms with E-state index in [-0.39, 0.29) is 23.5 Å². The fourth-order valence-corrected chi connectivity index (χ4v) is 4.00. The molecule has 2 rings (SSSR count). The maximum Gasteiger partial charge on any atom is 0.253 e. The van der Waals surface area contributed by atoms with Gasteiger partial charge in [-0.2, -0.15) is 0 Å². The predicted octanol–water partition coefficient (Wildman–Crippen LogP) is 1.54. The second kappa shape index (κ2) is 7.12. The van der Waals surface area contributed by atoms with Crippen LogP contribution < -0.4 is 5.32 Å². The normalized spacial score (nSPS) is 16.2. The molecule has 1 aliphatic heterocycles. The smallest absolute Gasteiger partial charge is 0.253 e. The summed E-state index contributed by atoms with van der Waals surface area (Å²) in [7, 11) is -2.97. The zero-order valence-corrected chi connectivity index (χ0v) is 14.2. The number of likely N-dealkylation sites (tertiary alicyclic amines) is 1. The summed E-state index contributed by atoms with van der Waals surface area (Å²) in [4.78, 5) is 25.2. The Morgan fingerprint density at radius 1 is 1.17 bits per heavy atom. The standard InChI is InChI=1S/C16H22N2O4S/c1-12(19)17-15-5-3-14(4-6-15)16(20)18-9-7-13(8-10-18)11-23(2,21)22/h3-6,13H,7-11H2,1-2H3,(H,17,19). The van der Waals surface area contributed by atoms with Crippen LogP contribution >= 0.6 is 0 Å². The highest BCUT2D eigenvalue weighted by Crippen LogP contribution is 2.21. The summed E-state index contributed by atoms with van der Waals surface area (Å²) in [6.07, 6.45) is 2.67. The van der Waals surface area contributed by atoms with E-state index in [0.717, 1.165) is 0 Å². The van der Waals surface area contributed by atoms with E-state index in [2.05, 4.69) is 5.32 Å². The summed E-state index contributed by atoms with van der Waals surface area (Å²) in [5.74, 6) is 0.117. The van der Waals surface area contributed by atoms with Crippen LogP contribution in [0, 0.1) is 5.92 Å². The summed E-state index contributed by atoms with van der Waals surface area (Å²) in [6, 6.07) is 6.78. The lowest BCUT2D eigenvalue weighted by Crippen LogP contribution is -2.39. The summed E-state index contributed by atoms with van der Waals surface area (Å²) in [6.45, 7) is 2.58.